The lowest BCUT2D eigenvalue weighted by molar-refractivity contribution is 0.0633. The summed E-state index contributed by atoms with van der Waals surface area (Å²) in [7, 11) is 0. The predicted octanol–water partition coefficient (Wildman–Crippen LogP) is 3.26. The predicted molar refractivity (Wildman–Crippen MR) is 98.3 cm³/mol. The molecule has 128 valence electrons. The summed E-state index contributed by atoms with van der Waals surface area (Å²) in [5, 5.41) is 0. The van der Waals surface area contributed by atoms with Crippen LogP contribution in [0.3, 0.4) is 0 Å². The molecule has 1 fully saturated rings. The number of carbonyl (C=O) groups excluding carboxylic acids is 1. The number of hydrogen-bond donors (Lipinski definition) is 0. The second-order valence-electron chi connectivity index (χ2n) is 6.49. The minimum atomic E-state index is 0.158. The van der Waals surface area contributed by atoms with Crippen LogP contribution in [0.1, 0.15) is 29.9 Å². The van der Waals surface area contributed by atoms with Gasteiger partial charge in [-0.25, -0.2) is 0 Å². The van der Waals surface area contributed by atoms with Crippen molar-refractivity contribution in [1.82, 2.24) is 14.4 Å². The number of rotatable bonds is 4. The third-order valence-electron chi connectivity index (χ3n) is 4.95. The maximum absolute atomic E-state index is 13.0. The topological polar surface area (TPSA) is 28.5 Å². The molecular weight excluding hydrogens is 298 g/mol. The molecule has 0 radical (unpaired) electrons. The highest BCUT2D eigenvalue weighted by molar-refractivity contribution is 5.94. The van der Waals surface area contributed by atoms with Crippen LogP contribution in [0.5, 0.6) is 0 Å². The van der Waals surface area contributed by atoms with E-state index in [1.54, 1.807) is 0 Å². The lowest BCUT2D eigenvalue weighted by atomic mass is 10.1. The fraction of sp³-hybridized carbons (Fsp3) is 0.450. The van der Waals surface area contributed by atoms with E-state index < -0.39 is 0 Å². The van der Waals surface area contributed by atoms with Gasteiger partial charge in [-0.05, 0) is 32.0 Å². The van der Waals surface area contributed by atoms with E-state index in [4.69, 9.17) is 0 Å². The number of aryl methyl sites for hydroxylation is 2. The van der Waals surface area contributed by atoms with Crippen LogP contribution in [0.25, 0.3) is 11.1 Å². The fourth-order valence-electron chi connectivity index (χ4n) is 3.28. The summed E-state index contributed by atoms with van der Waals surface area (Å²) in [5.41, 5.74) is 4.34. The maximum Gasteiger partial charge on any atom is 0.270 e. The summed E-state index contributed by atoms with van der Waals surface area (Å²) >= 11 is 0. The third kappa shape index (κ3) is 3.39. The molecule has 0 N–H and O–H groups in total. The lowest BCUT2D eigenvalue weighted by Gasteiger charge is -2.34. The van der Waals surface area contributed by atoms with Crippen molar-refractivity contribution < 1.29 is 4.79 Å². The van der Waals surface area contributed by atoms with Gasteiger partial charge in [0.05, 0.1) is 0 Å². The standard InChI is InChI=1S/C20H27N3O/c1-4-21-10-12-23(13-11-21)20(24)19-14-18(15-22(19)5-2)17-8-6-16(3)7-9-17/h6-9,14-15H,4-5,10-13H2,1-3H3. The number of piperazine rings is 1. The van der Waals surface area contributed by atoms with Gasteiger partial charge < -0.3 is 14.4 Å². The maximum atomic E-state index is 13.0. The highest BCUT2D eigenvalue weighted by atomic mass is 16.2. The third-order valence-corrected chi connectivity index (χ3v) is 4.95. The van der Waals surface area contributed by atoms with Gasteiger partial charge in [-0.2, -0.15) is 0 Å². The van der Waals surface area contributed by atoms with E-state index in [9.17, 15) is 4.79 Å². The first-order valence-electron chi connectivity index (χ1n) is 8.91. The molecule has 2 heterocycles. The molecule has 1 aliphatic heterocycles. The van der Waals surface area contributed by atoms with Crippen molar-refractivity contribution in [2.75, 3.05) is 32.7 Å². The van der Waals surface area contributed by atoms with Crippen molar-refractivity contribution >= 4 is 5.91 Å². The molecule has 1 amide bonds. The lowest BCUT2D eigenvalue weighted by Crippen LogP contribution is -2.48. The van der Waals surface area contributed by atoms with Crippen LogP contribution in [-0.2, 0) is 6.54 Å². The average molecular weight is 325 g/mol. The van der Waals surface area contributed by atoms with Crippen molar-refractivity contribution in [3.05, 3.63) is 47.8 Å². The van der Waals surface area contributed by atoms with E-state index in [2.05, 4.69) is 60.7 Å². The van der Waals surface area contributed by atoms with E-state index in [0.29, 0.717) is 0 Å². The first-order valence-corrected chi connectivity index (χ1v) is 8.91. The minimum absolute atomic E-state index is 0.158. The minimum Gasteiger partial charge on any atom is -0.343 e. The van der Waals surface area contributed by atoms with Gasteiger partial charge in [0.1, 0.15) is 5.69 Å². The molecule has 3 rings (SSSR count). The van der Waals surface area contributed by atoms with E-state index in [-0.39, 0.29) is 5.91 Å². The first kappa shape index (κ1) is 16.8. The second kappa shape index (κ2) is 7.22. The number of carbonyl (C=O) groups is 1. The average Bonchev–Trinajstić information content (AvgIpc) is 3.06. The molecule has 1 saturated heterocycles. The molecule has 0 unspecified atom stereocenters. The van der Waals surface area contributed by atoms with Crippen molar-refractivity contribution in [2.24, 2.45) is 0 Å². The van der Waals surface area contributed by atoms with Gasteiger partial charge >= 0.3 is 0 Å². The summed E-state index contributed by atoms with van der Waals surface area (Å²) in [6.07, 6.45) is 2.10. The van der Waals surface area contributed by atoms with Crippen LogP contribution in [-0.4, -0.2) is 53.0 Å². The first-order chi connectivity index (χ1) is 11.6. The number of benzene rings is 1. The van der Waals surface area contributed by atoms with Crippen LogP contribution in [0.15, 0.2) is 36.5 Å². The summed E-state index contributed by atoms with van der Waals surface area (Å²) in [5.74, 6) is 0.158. The van der Waals surface area contributed by atoms with Crippen molar-refractivity contribution in [3.63, 3.8) is 0 Å². The van der Waals surface area contributed by atoms with Crippen molar-refractivity contribution in [2.45, 2.75) is 27.3 Å². The summed E-state index contributed by atoms with van der Waals surface area (Å²) in [6, 6.07) is 10.5. The Labute approximate surface area is 144 Å². The van der Waals surface area contributed by atoms with E-state index in [1.807, 2.05) is 11.0 Å². The molecule has 2 aromatic rings. The van der Waals surface area contributed by atoms with Gasteiger partial charge in [-0.1, -0.05) is 36.8 Å². The Kier molecular flexibility index (Phi) is 5.05. The Morgan fingerprint density at radius 2 is 1.62 bits per heavy atom. The summed E-state index contributed by atoms with van der Waals surface area (Å²) in [4.78, 5) is 17.3. The van der Waals surface area contributed by atoms with Crippen LogP contribution < -0.4 is 0 Å². The van der Waals surface area contributed by atoms with E-state index >= 15 is 0 Å². The zero-order valence-corrected chi connectivity index (χ0v) is 15.0. The van der Waals surface area contributed by atoms with Gasteiger partial charge in [0.25, 0.3) is 5.91 Å². The number of likely N-dealkylation sites (N-methyl/N-ethyl adjacent to an activating group) is 1. The van der Waals surface area contributed by atoms with Gasteiger partial charge in [0, 0.05) is 44.5 Å². The van der Waals surface area contributed by atoms with Crippen LogP contribution >= 0.6 is 0 Å². The summed E-state index contributed by atoms with van der Waals surface area (Å²) < 4.78 is 2.07. The molecule has 0 aliphatic carbocycles. The molecular formula is C20H27N3O. The van der Waals surface area contributed by atoms with Crippen molar-refractivity contribution in [1.29, 1.82) is 0 Å². The Morgan fingerprint density at radius 3 is 2.21 bits per heavy atom. The summed E-state index contributed by atoms with van der Waals surface area (Å²) in [6.45, 7) is 11.8. The molecule has 0 spiro atoms. The Balaban J connectivity index is 1.82. The largest absolute Gasteiger partial charge is 0.343 e. The fourth-order valence-corrected chi connectivity index (χ4v) is 3.28. The Hall–Kier alpha value is -2.07. The zero-order valence-electron chi connectivity index (χ0n) is 15.0. The van der Waals surface area contributed by atoms with E-state index in [1.165, 1.54) is 5.56 Å². The quantitative estimate of drug-likeness (QED) is 0.863. The van der Waals surface area contributed by atoms with E-state index in [0.717, 1.165) is 56.1 Å². The SMILES string of the molecule is CCN1CCN(C(=O)c2cc(-c3ccc(C)cc3)cn2CC)CC1. The number of hydrogen-bond acceptors (Lipinski definition) is 2. The van der Waals surface area contributed by atoms with Gasteiger partial charge in [-0.15, -0.1) is 0 Å². The van der Waals surface area contributed by atoms with Crippen LogP contribution in [0.4, 0.5) is 0 Å². The molecule has 24 heavy (non-hydrogen) atoms. The molecule has 4 heteroatoms. The second-order valence-corrected chi connectivity index (χ2v) is 6.49. The van der Waals surface area contributed by atoms with Crippen molar-refractivity contribution in [3.8, 4) is 11.1 Å². The Bertz CT molecular complexity index is 694. The van der Waals surface area contributed by atoms with Gasteiger partial charge in [0.2, 0.25) is 0 Å². The Morgan fingerprint density at radius 1 is 0.958 bits per heavy atom. The molecule has 1 aromatic heterocycles. The van der Waals surface area contributed by atoms with Gasteiger partial charge in [0.15, 0.2) is 0 Å². The molecule has 0 saturated carbocycles. The number of aromatic nitrogens is 1. The van der Waals surface area contributed by atoms with Crippen LogP contribution in [0.2, 0.25) is 0 Å². The monoisotopic (exact) mass is 325 g/mol. The number of nitrogens with zero attached hydrogens (tertiary/aromatic N) is 3. The zero-order chi connectivity index (χ0) is 17.1. The molecule has 1 aliphatic rings. The molecule has 4 nitrogen and oxygen atoms in total. The molecule has 1 aromatic carbocycles. The normalized spacial score (nSPS) is 15.7. The molecule has 0 bridgehead atoms. The smallest absolute Gasteiger partial charge is 0.270 e. The molecule has 0 atom stereocenters. The number of amides is 1. The highest BCUT2D eigenvalue weighted by Crippen LogP contribution is 2.24. The van der Waals surface area contributed by atoms with Gasteiger partial charge in [-0.3, -0.25) is 4.79 Å². The highest BCUT2D eigenvalue weighted by Gasteiger charge is 2.24. The van der Waals surface area contributed by atoms with Crippen LogP contribution in [0, 0.1) is 6.92 Å².